The molecule has 0 radical (unpaired) electrons. The van der Waals surface area contributed by atoms with Gasteiger partial charge in [0.25, 0.3) is 0 Å². The molecule has 5 nitrogen and oxygen atoms in total. The SMILES string of the molecule is Cc1ccc(-c2nc(C(=O)O)n(C)n2)cc1. The van der Waals surface area contributed by atoms with Gasteiger partial charge < -0.3 is 5.11 Å². The van der Waals surface area contributed by atoms with Crippen molar-refractivity contribution in [2.24, 2.45) is 7.05 Å². The standard InChI is InChI=1S/C11H11N3O2/c1-7-3-5-8(6-4-7)9-12-10(11(15)16)14(2)13-9/h3-6H,1-2H3,(H,15,16). The first-order valence-electron chi connectivity index (χ1n) is 4.79. The molecule has 0 aliphatic heterocycles. The van der Waals surface area contributed by atoms with Gasteiger partial charge in [0.2, 0.25) is 5.82 Å². The highest BCUT2D eigenvalue weighted by Crippen LogP contribution is 2.15. The van der Waals surface area contributed by atoms with E-state index in [2.05, 4.69) is 10.1 Å². The average molecular weight is 217 g/mol. The Bertz CT molecular complexity index is 529. The number of hydrogen-bond donors (Lipinski definition) is 1. The number of hydrogen-bond acceptors (Lipinski definition) is 3. The Morgan fingerprint density at radius 2 is 1.94 bits per heavy atom. The van der Waals surface area contributed by atoms with E-state index in [1.807, 2.05) is 31.2 Å². The molecule has 0 fully saturated rings. The summed E-state index contributed by atoms with van der Waals surface area (Å²) in [5.41, 5.74) is 1.95. The number of carboxylic acids is 1. The number of aromatic carboxylic acids is 1. The molecule has 0 saturated carbocycles. The third-order valence-corrected chi connectivity index (χ3v) is 2.26. The number of carboxylic acid groups (broad SMARTS) is 1. The van der Waals surface area contributed by atoms with Gasteiger partial charge in [-0.3, -0.25) is 0 Å². The zero-order chi connectivity index (χ0) is 11.7. The van der Waals surface area contributed by atoms with Crippen LogP contribution in [0.25, 0.3) is 11.4 Å². The van der Waals surface area contributed by atoms with Crippen LogP contribution in [0, 0.1) is 6.92 Å². The number of rotatable bonds is 2. The van der Waals surface area contributed by atoms with Crippen LogP contribution in [0.1, 0.15) is 16.2 Å². The van der Waals surface area contributed by atoms with Crippen molar-refractivity contribution in [3.05, 3.63) is 35.7 Å². The Morgan fingerprint density at radius 1 is 1.31 bits per heavy atom. The normalized spacial score (nSPS) is 10.4. The lowest BCUT2D eigenvalue weighted by atomic mass is 10.1. The van der Waals surface area contributed by atoms with Crippen molar-refractivity contribution in [3.8, 4) is 11.4 Å². The molecule has 5 heteroatoms. The molecule has 0 bridgehead atoms. The Kier molecular flexibility index (Phi) is 2.44. The highest BCUT2D eigenvalue weighted by molar-refractivity contribution is 5.84. The van der Waals surface area contributed by atoms with E-state index in [1.54, 1.807) is 7.05 Å². The summed E-state index contributed by atoms with van der Waals surface area (Å²) in [6, 6.07) is 7.62. The van der Waals surface area contributed by atoms with Gasteiger partial charge in [0.15, 0.2) is 5.82 Å². The maximum atomic E-state index is 10.8. The molecule has 1 heterocycles. The van der Waals surface area contributed by atoms with Gasteiger partial charge >= 0.3 is 5.97 Å². The zero-order valence-corrected chi connectivity index (χ0v) is 9.01. The van der Waals surface area contributed by atoms with E-state index in [4.69, 9.17) is 5.11 Å². The fourth-order valence-corrected chi connectivity index (χ4v) is 1.40. The van der Waals surface area contributed by atoms with Gasteiger partial charge in [0.1, 0.15) is 0 Å². The fourth-order valence-electron chi connectivity index (χ4n) is 1.40. The van der Waals surface area contributed by atoms with Crippen LogP contribution in [-0.4, -0.2) is 25.8 Å². The van der Waals surface area contributed by atoms with Crippen LogP contribution in [0.2, 0.25) is 0 Å². The third kappa shape index (κ3) is 1.79. The summed E-state index contributed by atoms with van der Waals surface area (Å²) in [5.74, 6) is -0.705. The van der Waals surface area contributed by atoms with Crippen LogP contribution in [-0.2, 0) is 7.05 Å². The van der Waals surface area contributed by atoms with E-state index in [1.165, 1.54) is 4.68 Å². The Balaban J connectivity index is 2.45. The predicted octanol–water partition coefficient (Wildman–Crippen LogP) is 1.49. The summed E-state index contributed by atoms with van der Waals surface area (Å²) in [6.45, 7) is 1.98. The molecule has 0 amide bonds. The van der Waals surface area contributed by atoms with Crippen LogP contribution in [0.3, 0.4) is 0 Å². The Labute approximate surface area is 92.4 Å². The monoisotopic (exact) mass is 217 g/mol. The van der Waals surface area contributed by atoms with Gasteiger partial charge in [-0.15, -0.1) is 0 Å². The van der Waals surface area contributed by atoms with Crippen molar-refractivity contribution in [2.45, 2.75) is 6.92 Å². The van der Waals surface area contributed by atoms with Gasteiger partial charge in [-0.1, -0.05) is 29.8 Å². The van der Waals surface area contributed by atoms with E-state index < -0.39 is 5.97 Å². The van der Waals surface area contributed by atoms with Gasteiger partial charge in [-0.25, -0.2) is 14.5 Å². The van der Waals surface area contributed by atoms with E-state index in [0.29, 0.717) is 5.82 Å². The largest absolute Gasteiger partial charge is 0.475 e. The maximum absolute atomic E-state index is 10.8. The number of aromatic nitrogens is 3. The summed E-state index contributed by atoms with van der Waals surface area (Å²) in [5, 5.41) is 12.9. The van der Waals surface area contributed by atoms with Gasteiger partial charge in [-0.05, 0) is 6.92 Å². The van der Waals surface area contributed by atoms with Crippen LogP contribution < -0.4 is 0 Å². The lowest BCUT2D eigenvalue weighted by Crippen LogP contribution is -2.06. The minimum Gasteiger partial charge on any atom is -0.475 e. The first-order valence-corrected chi connectivity index (χ1v) is 4.79. The maximum Gasteiger partial charge on any atom is 0.373 e. The summed E-state index contributed by atoms with van der Waals surface area (Å²) < 4.78 is 1.26. The second-order valence-electron chi connectivity index (χ2n) is 3.55. The first kappa shape index (κ1) is 10.4. The first-order chi connectivity index (χ1) is 7.58. The molecule has 2 rings (SSSR count). The molecule has 0 unspecified atom stereocenters. The van der Waals surface area contributed by atoms with E-state index in [9.17, 15) is 4.79 Å². The van der Waals surface area contributed by atoms with Crippen LogP contribution in [0.15, 0.2) is 24.3 Å². The molecule has 1 aromatic heterocycles. The predicted molar refractivity (Wildman–Crippen MR) is 58.1 cm³/mol. The number of carbonyl (C=O) groups is 1. The molecule has 0 saturated heterocycles. The molecule has 1 aromatic carbocycles. The smallest absolute Gasteiger partial charge is 0.373 e. The quantitative estimate of drug-likeness (QED) is 0.827. The highest BCUT2D eigenvalue weighted by Gasteiger charge is 2.14. The van der Waals surface area contributed by atoms with Crippen molar-refractivity contribution >= 4 is 5.97 Å². The van der Waals surface area contributed by atoms with Crippen molar-refractivity contribution in [1.29, 1.82) is 0 Å². The lowest BCUT2D eigenvalue weighted by Gasteiger charge is -1.95. The lowest BCUT2D eigenvalue weighted by molar-refractivity contribution is 0.0678. The molecular weight excluding hydrogens is 206 g/mol. The topological polar surface area (TPSA) is 68.0 Å². The molecule has 0 atom stereocenters. The zero-order valence-electron chi connectivity index (χ0n) is 9.01. The molecule has 16 heavy (non-hydrogen) atoms. The minimum atomic E-state index is -1.08. The van der Waals surface area contributed by atoms with E-state index in [0.717, 1.165) is 11.1 Å². The van der Waals surface area contributed by atoms with Crippen molar-refractivity contribution in [3.63, 3.8) is 0 Å². The van der Waals surface area contributed by atoms with Gasteiger partial charge in [0.05, 0.1) is 0 Å². The van der Waals surface area contributed by atoms with Crippen molar-refractivity contribution in [2.75, 3.05) is 0 Å². The molecule has 0 aliphatic rings. The molecule has 0 spiro atoms. The highest BCUT2D eigenvalue weighted by atomic mass is 16.4. The van der Waals surface area contributed by atoms with Crippen molar-refractivity contribution in [1.82, 2.24) is 14.8 Å². The summed E-state index contributed by atoms with van der Waals surface area (Å²) >= 11 is 0. The van der Waals surface area contributed by atoms with Crippen LogP contribution in [0.5, 0.6) is 0 Å². The Hall–Kier alpha value is -2.17. The molecule has 2 aromatic rings. The summed E-state index contributed by atoms with van der Waals surface area (Å²) in [7, 11) is 1.56. The van der Waals surface area contributed by atoms with Gasteiger partial charge in [0, 0.05) is 12.6 Å². The number of aryl methyl sites for hydroxylation is 2. The van der Waals surface area contributed by atoms with Crippen LogP contribution >= 0.6 is 0 Å². The second-order valence-corrected chi connectivity index (χ2v) is 3.55. The average Bonchev–Trinajstić information content (AvgIpc) is 2.61. The minimum absolute atomic E-state index is 0.0597. The number of nitrogens with zero attached hydrogens (tertiary/aromatic N) is 3. The summed E-state index contributed by atoms with van der Waals surface area (Å²) in [4.78, 5) is 14.8. The third-order valence-electron chi connectivity index (χ3n) is 2.26. The van der Waals surface area contributed by atoms with E-state index >= 15 is 0 Å². The summed E-state index contributed by atoms with van der Waals surface area (Å²) in [6.07, 6.45) is 0. The van der Waals surface area contributed by atoms with Crippen molar-refractivity contribution < 1.29 is 9.90 Å². The second kappa shape index (κ2) is 3.77. The molecule has 0 aliphatic carbocycles. The number of benzene rings is 1. The molecular formula is C11H11N3O2. The molecule has 1 N–H and O–H groups in total. The van der Waals surface area contributed by atoms with Gasteiger partial charge in [-0.2, -0.15) is 5.10 Å². The Morgan fingerprint density at radius 3 is 2.44 bits per heavy atom. The molecule has 82 valence electrons. The van der Waals surface area contributed by atoms with Crippen LogP contribution in [0.4, 0.5) is 0 Å². The fraction of sp³-hybridized carbons (Fsp3) is 0.182. The van der Waals surface area contributed by atoms with E-state index in [-0.39, 0.29) is 5.82 Å².